The molecule has 1 aromatic rings. The Kier molecular flexibility index (Phi) is 3.54. The molecule has 1 N–H and O–H groups in total. The van der Waals surface area contributed by atoms with Gasteiger partial charge in [-0.05, 0) is 5.56 Å². The highest BCUT2D eigenvalue weighted by molar-refractivity contribution is 5.77. The van der Waals surface area contributed by atoms with Gasteiger partial charge in [-0.2, -0.15) is 0 Å². The van der Waals surface area contributed by atoms with E-state index in [1.54, 1.807) is 0 Å². The Morgan fingerprint density at radius 1 is 1.44 bits per heavy atom. The molecule has 16 heavy (non-hydrogen) atoms. The minimum absolute atomic E-state index is 0.240. The zero-order chi connectivity index (χ0) is 11.4. The van der Waals surface area contributed by atoms with Gasteiger partial charge in [-0.3, -0.25) is 5.32 Å². The molecule has 0 spiro atoms. The quantitative estimate of drug-likeness (QED) is 0.767. The Labute approximate surface area is 94.6 Å². The smallest absolute Gasteiger partial charge is 0.327 e. The second kappa shape index (κ2) is 5.09. The van der Waals surface area contributed by atoms with Crippen molar-refractivity contribution in [1.29, 1.82) is 0 Å². The van der Waals surface area contributed by atoms with Crippen molar-refractivity contribution in [2.45, 2.75) is 12.1 Å². The van der Waals surface area contributed by atoms with Crippen molar-refractivity contribution in [2.24, 2.45) is 0 Å². The lowest BCUT2D eigenvalue weighted by Crippen LogP contribution is -2.49. The van der Waals surface area contributed by atoms with Gasteiger partial charge in [0.2, 0.25) is 0 Å². The minimum atomic E-state index is -0.403. The van der Waals surface area contributed by atoms with E-state index < -0.39 is 6.04 Å². The van der Waals surface area contributed by atoms with Crippen LogP contribution in [0.4, 0.5) is 0 Å². The molecule has 1 atom stereocenters. The lowest BCUT2D eigenvalue weighted by atomic mass is 10.1. The van der Waals surface area contributed by atoms with E-state index in [2.05, 4.69) is 5.32 Å². The highest BCUT2D eigenvalue weighted by Crippen LogP contribution is 2.16. The number of hydrogen-bond acceptors (Lipinski definition) is 4. The molecule has 1 aliphatic rings. The molecule has 4 heteroatoms. The molecule has 2 rings (SSSR count). The Balaban J connectivity index is 2.10. The van der Waals surface area contributed by atoms with Crippen LogP contribution in [0.5, 0.6) is 0 Å². The van der Waals surface area contributed by atoms with Crippen LogP contribution in [0, 0.1) is 0 Å². The lowest BCUT2D eigenvalue weighted by molar-refractivity contribution is -0.144. The van der Waals surface area contributed by atoms with Gasteiger partial charge in [-0.15, -0.1) is 0 Å². The monoisotopic (exact) mass is 221 g/mol. The topological polar surface area (TPSA) is 47.6 Å². The van der Waals surface area contributed by atoms with Gasteiger partial charge in [0, 0.05) is 0 Å². The minimum Gasteiger partial charge on any atom is -0.468 e. The maximum atomic E-state index is 11.7. The van der Waals surface area contributed by atoms with E-state index in [4.69, 9.17) is 9.47 Å². The normalized spacial score (nSPS) is 17.6. The van der Waals surface area contributed by atoms with Crippen molar-refractivity contribution >= 4 is 5.97 Å². The molecule has 0 saturated carbocycles. The van der Waals surface area contributed by atoms with Crippen LogP contribution < -0.4 is 5.32 Å². The van der Waals surface area contributed by atoms with Crippen LogP contribution in [0.3, 0.4) is 0 Å². The van der Waals surface area contributed by atoms with Gasteiger partial charge in [0.15, 0.2) is 0 Å². The number of methoxy groups -OCH3 is 1. The number of hydrogen-bond donors (Lipinski definition) is 1. The molecule has 1 aromatic carbocycles. The van der Waals surface area contributed by atoms with Gasteiger partial charge >= 0.3 is 5.97 Å². The van der Waals surface area contributed by atoms with Gasteiger partial charge in [0.05, 0.1) is 26.4 Å². The molecule has 1 saturated heterocycles. The summed E-state index contributed by atoms with van der Waals surface area (Å²) in [6.45, 7) is 1.31. The molecule has 4 nitrogen and oxygen atoms in total. The fraction of sp³-hybridized carbons (Fsp3) is 0.417. The molecule has 0 aromatic heterocycles. The Morgan fingerprint density at radius 3 is 2.62 bits per heavy atom. The number of ether oxygens (including phenoxy) is 2. The van der Waals surface area contributed by atoms with Crippen molar-refractivity contribution in [2.75, 3.05) is 20.3 Å². The summed E-state index contributed by atoms with van der Waals surface area (Å²) in [5, 5.41) is 3.22. The zero-order valence-electron chi connectivity index (χ0n) is 9.18. The van der Waals surface area contributed by atoms with E-state index in [1.165, 1.54) is 7.11 Å². The van der Waals surface area contributed by atoms with Crippen molar-refractivity contribution in [3.8, 4) is 0 Å². The number of carbonyl (C=O) groups excluding carboxylic acids is 1. The summed E-state index contributed by atoms with van der Waals surface area (Å²) in [4.78, 5) is 11.7. The fourth-order valence-electron chi connectivity index (χ4n) is 1.63. The standard InChI is InChI=1S/C12H15NO3/c1-15-12(14)11(13-10-7-16-8-10)9-5-3-2-4-6-9/h2-6,10-11,13H,7-8H2,1H3. The molecule has 0 aliphatic carbocycles. The van der Waals surface area contributed by atoms with Gasteiger partial charge in [-0.25, -0.2) is 4.79 Å². The first-order chi connectivity index (χ1) is 7.81. The van der Waals surface area contributed by atoms with E-state index in [9.17, 15) is 4.79 Å². The number of nitrogens with one attached hydrogen (secondary N) is 1. The third-order valence-corrected chi connectivity index (χ3v) is 2.61. The van der Waals surface area contributed by atoms with E-state index in [0.717, 1.165) is 5.56 Å². The largest absolute Gasteiger partial charge is 0.468 e. The molecule has 86 valence electrons. The van der Waals surface area contributed by atoms with Crippen LogP contribution >= 0.6 is 0 Å². The van der Waals surface area contributed by atoms with Crippen LogP contribution in [-0.2, 0) is 14.3 Å². The maximum absolute atomic E-state index is 11.7. The van der Waals surface area contributed by atoms with E-state index >= 15 is 0 Å². The summed E-state index contributed by atoms with van der Waals surface area (Å²) in [5.41, 5.74) is 0.918. The first-order valence-electron chi connectivity index (χ1n) is 5.28. The Morgan fingerprint density at radius 2 is 2.12 bits per heavy atom. The summed E-state index contributed by atoms with van der Waals surface area (Å²) < 4.78 is 9.86. The van der Waals surface area contributed by atoms with Gasteiger partial charge < -0.3 is 9.47 Å². The second-order valence-corrected chi connectivity index (χ2v) is 3.77. The van der Waals surface area contributed by atoms with Crippen molar-refractivity contribution < 1.29 is 14.3 Å². The molecular weight excluding hydrogens is 206 g/mol. The Hall–Kier alpha value is -1.39. The molecule has 0 amide bonds. The molecule has 0 bridgehead atoms. The summed E-state index contributed by atoms with van der Waals surface area (Å²) in [6, 6.07) is 9.39. The van der Waals surface area contributed by atoms with E-state index in [-0.39, 0.29) is 12.0 Å². The molecular formula is C12H15NO3. The summed E-state index contributed by atoms with van der Waals surface area (Å²) in [5.74, 6) is -0.266. The number of esters is 1. The van der Waals surface area contributed by atoms with Crippen LogP contribution in [0.25, 0.3) is 0 Å². The molecule has 1 fully saturated rings. The first kappa shape index (κ1) is 11.1. The van der Waals surface area contributed by atoms with Gasteiger partial charge in [0.1, 0.15) is 6.04 Å². The summed E-state index contributed by atoms with van der Waals surface area (Å²) in [7, 11) is 1.40. The van der Waals surface area contributed by atoms with Gasteiger partial charge in [0.25, 0.3) is 0 Å². The SMILES string of the molecule is COC(=O)C(NC1COC1)c1ccccc1. The number of rotatable bonds is 4. The zero-order valence-corrected chi connectivity index (χ0v) is 9.18. The maximum Gasteiger partial charge on any atom is 0.327 e. The highest BCUT2D eigenvalue weighted by atomic mass is 16.5. The van der Waals surface area contributed by atoms with Crippen molar-refractivity contribution in [1.82, 2.24) is 5.32 Å². The fourth-order valence-corrected chi connectivity index (χ4v) is 1.63. The van der Waals surface area contributed by atoms with E-state index in [1.807, 2.05) is 30.3 Å². The van der Waals surface area contributed by atoms with E-state index in [0.29, 0.717) is 13.2 Å². The van der Waals surface area contributed by atoms with Crippen molar-refractivity contribution in [3.63, 3.8) is 0 Å². The molecule has 1 aliphatic heterocycles. The summed E-state index contributed by atoms with van der Waals surface area (Å²) >= 11 is 0. The van der Waals surface area contributed by atoms with Crippen molar-refractivity contribution in [3.05, 3.63) is 35.9 Å². The molecule has 0 radical (unpaired) electrons. The predicted octanol–water partition coefficient (Wildman–Crippen LogP) is 0.889. The van der Waals surface area contributed by atoms with Gasteiger partial charge in [-0.1, -0.05) is 30.3 Å². The Bertz CT molecular complexity index is 349. The average molecular weight is 221 g/mol. The third kappa shape index (κ3) is 2.40. The predicted molar refractivity (Wildman–Crippen MR) is 58.9 cm³/mol. The van der Waals surface area contributed by atoms with Crippen LogP contribution in [0.15, 0.2) is 30.3 Å². The van der Waals surface area contributed by atoms with Crippen LogP contribution in [0.2, 0.25) is 0 Å². The average Bonchev–Trinajstić information content (AvgIpc) is 2.28. The van der Waals surface area contributed by atoms with Crippen LogP contribution in [0.1, 0.15) is 11.6 Å². The molecule has 1 unspecified atom stereocenters. The first-order valence-corrected chi connectivity index (χ1v) is 5.28. The third-order valence-electron chi connectivity index (χ3n) is 2.61. The summed E-state index contributed by atoms with van der Waals surface area (Å²) in [6.07, 6.45) is 0. The number of carbonyl (C=O) groups is 1. The highest BCUT2D eigenvalue weighted by Gasteiger charge is 2.27. The van der Waals surface area contributed by atoms with Crippen LogP contribution in [-0.4, -0.2) is 32.3 Å². The lowest BCUT2D eigenvalue weighted by Gasteiger charge is -2.30. The molecule has 1 heterocycles. The second-order valence-electron chi connectivity index (χ2n) is 3.77. The number of benzene rings is 1.